The van der Waals surface area contributed by atoms with E-state index < -0.39 is 5.54 Å². The van der Waals surface area contributed by atoms with Gasteiger partial charge in [0.2, 0.25) is 5.91 Å². The minimum atomic E-state index is -0.679. The number of nitrogens with two attached hydrogens (primary N) is 1. The number of ether oxygens (including phenoxy) is 1. The maximum Gasteiger partial charge on any atom is 0.240 e. The Labute approximate surface area is 105 Å². The first kappa shape index (κ1) is 13.0. The quantitative estimate of drug-likeness (QED) is 0.825. The molecular weight excluding hydrogens is 235 g/mol. The Hall–Kier alpha value is -1.46. The van der Waals surface area contributed by atoms with Crippen molar-refractivity contribution >= 4 is 5.91 Å². The van der Waals surface area contributed by atoms with Crippen molar-refractivity contribution in [3.63, 3.8) is 0 Å². The molecule has 0 bridgehead atoms. The monoisotopic (exact) mass is 252 g/mol. The molecule has 0 aromatic heterocycles. The van der Waals surface area contributed by atoms with Crippen molar-refractivity contribution in [3.8, 4) is 0 Å². The predicted molar refractivity (Wildman–Crippen MR) is 65.3 cm³/mol. The molecule has 3 N–H and O–H groups in total. The van der Waals surface area contributed by atoms with E-state index in [0.29, 0.717) is 6.54 Å². The summed E-state index contributed by atoms with van der Waals surface area (Å²) in [5.41, 5.74) is 5.91. The van der Waals surface area contributed by atoms with Crippen molar-refractivity contribution < 1.29 is 13.9 Å². The summed E-state index contributed by atoms with van der Waals surface area (Å²) in [4.78, 5) is 11.7. The molecule has 0 spiro atoms. The van der Waals surface area contributed by atoms with Crippen LogP contribution < -0.4 is 11.1 Å². The van der Waals surface area contributed by atoms with Crippen LogP contribution >= 0.6 is 0 Å². The summed E-state index contributed by atoms with van der Waals surface area (Å²) < 4.78 is 18.1. The average molecular weight is 252 g/mol. The highest BCUT2D eigenvalue weighted by atomic mass is 19.1. The van der Waals surface area contributed by atoms with Gasteiger partial charge in [0, 0.05) is 13.7 Å². The lowest BCUT2D eigenvalue weighted by Crippen LogP contribution is -2.44. The highest BCUT2D eigenvalue weighted by Crippen LogP contribution is 2.32. The Balaban J connectivity index is 1.93. The lowest BCUT2D eigenvalue weighted by molar-refractivity contribution is -0.123. The Morgan fingerprint density at radius 3 is 2.61 bits per heavy atom. The third-order valence-electron chi connectivity index (χ3n) is 3.22. The molecule has 1 atom stereocenters. The third kappa shape index (κ3) is 2.86. The molecule has 98 valence electrons. The predicted octanol–water partition coefficient (Wildman–Crippen LogP) is 1.12. The minimum absolute atomic E-state index is 0.147. The fraction of sp³-hybridized carbons (Fsp3) is 0.462. The number of carbonyl (C=O) groups excluding carboxylic acids is 1. The number of hydrogen-bond acceptors (Lipinski definition) is 3. The number of methoxy groups -OCH3 is 1. The number of carbonyl (C=O) groups is 1. The van der Waals surface area contributed by atoms with Crippen LogP contribution in [-0.4, -0.2) is 25.1 Å². The van der Waals surface area contributed by atoms with Crippen molar-refractivity contribution in [3.05, 3.63) is 35.6 Å². The van der Waals surface area contributed by atoms with E-state index in [-0.39, 0.29) is 17.8 Å². The van der Waals surface area contributed by atoms with Crippen LogP contribution in [-0.2, 0) is 9.53 Å². The van der Waals surface area contributed by atoms with Crippen molar-refractivity contribution in [2.45, 2.75) is 24.5 Å². The lowest BCUT2D eigenvalue weighted by Gasteiger charge is -2.18. The SMILES string of the molecule is COC(CNC(=O)C1(N)CC1)c1ccc(F)cc1. The molecule has 1 aromatic rings. The molecule has 1 unspecified atom stereocenters. The van der Waals surface area contributed by atoms with Crippen LogP contribution in [0.15, 0.2) is 24.3 Å². The second-order valence-electron chi connectivity index (χ2n) is 4.64. The van der Waals surface area contributed by atoms with E-state index in [1.165, 1.54) is 12.1 Å². The molecule has 2 rings (SSSR count). The van der Waals surface area contributed by atoms with Crippen LogP contribution in [0.4, 0.5) is 4.39 Å². The summed E-state index contributed by atoms with van der Waals surface area (Å²) in [5.74, 6) is -0.441. The van der Waals surface area contributed by atoms with Crippen LogP contribution in [0.2, 0.25) is 0 Å². The molecular formula is C13H17FN2O2. The van der Waals surface area contributed by atoms with Gasteiger partial charge in [0.15, 0.2) is 0 Å². The molecule has 1 aliphatic carbocycles. The summed E-state index contributed by atoms with van der Waals surface area (Å²) in [6.07, 6.45) is 1.16. The summed E-state index contributed by atoms with van der Waals surface area (Å²) in [5, 5.41) is 2.77. The smallest absolute Gasteiger partial charge is 0.240 e. The van der Waals surface area contributed by atoms with Crippen molar-refractivity contribution in [2.75, 3.05) is 13.7 Å². The van der Waals surface area contributed by atoms with E-state index in [0.717, 1.165) is 18.4 Å². The normalized spacial score (nSPS) is 18.2. The molecule has 5 heteroatoms. The van der Waals surface area contributed by atoms with Crippen molar-refractivity contribution in [1.29, 1.82) is 0 Å². The molecule has 18 heavy (non-hydrogen) atoms. The Kier molecular flexibility index (Phi) is 3.63. The van der Waals surface area contributed by atoms with E-state index in [1.54, 1.807) is 19.2 Å². The number of nitrogens with one attached hydrogen (secondary N) is 1. The number of halogens is 1. The zero-order chi connectivity index (χ0) is 13.2. The molecule has 1 amide bonds. The number of hydrogen-bond donors (Lipinski definition) is 2. The van der Waals surface area contributed by atoms with Gasteiger partial charge in [-0.05, 0) is 30.5 Å². The van der Waals surface area contributed by atoms with E-state index in [2.05, 4.69) is 5.32 Å². The molecule has 1 fully saturated rings. The second kappa shape index (κ2) is 5.04. The molecule has 0 heterocycles. The summed E-state index contributed by atoms with van der Waals surface area (Å²) >= 11 is 0. The first-order chi connectivity index (χ1) is 8.55. The summed E-state index contributed by atoms with van der Waals surface area (Å²) in [6.45, 7) is 0.333. The Bertz CT molecular complexity index is 429. The van der Waals surface area contributed by atoms with Crippen molar-refractivity contribution in [2.24, 2.45) is 5.73 Å². The molecule has 4 nitrogen and oxygen atoms in total. The zero-order valence-electron chi connectivity index (χ0n) is 10.3. The van der Waals surface area contributed by atoms with E-state index in [9.17, 15) is 9.18 Å². The van der Waals surface area contributed by atoms with Gasteiger partial charge in [-0.15, -0.1) is 0 Å². The number of benzene rings is 1. The van der Waals surface area contributed by atoms with Crippen molar-refractivity contribution in [1.82, 2.24) is 5.32 Å². The fourth-order valence-electron chi connectivity index (χ4n) is 1.74. The maximum atomic E-state index is 12.8. The fourth-order valence-corrected chi connectivity index (χ4v) is 1.74. The van der Waals surface area contributed by atoms with Gasteiger partial charge >= 0.3 is 0 Å². The van der Waals surface area contributed by atoms with Crippen LogP contribution in [0.1, 0.15) is 24.5 Å². The van der Waals surface area contributed by atoms with Gasteiger partial charge in [0.25, 0.3) is 0 Å². The van der Waals surface area contributed by atoms with Gasteiger partial charge in [-0.1, -0.05) is 12.1 Å². The Morgan fingerprint density at radius 1 is 1.50 bits per heavy atom. The number of amides is 1. The molecule has 1 aliphatic rings. The molecule has 1 saturated carbocycles. The maximum absolute atomic E-state index is 12.8. The van der Waals surface area contributed by atoms with Gasteiger partial charge in [0.05, 0.1) is 11.6 Å². The molecule has 0 aliphatic heterocycles. The van der Waals surface area contributed by atoms with Gasteiger partial charge < -0.3 is 15.8 Å². The second-order valence-corrected chi connectivity index (χ2v) is 4.64. The topological polar surface area (TPSA) is 64.3 Å². The van der Waals surface area contributed by atoms with Gasteiger partial charge in [0.1, 0.15) is 5.82 Å². The largest absolute Gasteiger partial charge is 0.375 e. The highest BCUT2D eigenvalue weighted by molar-refractivity contribution is 5.88. The highest BCUT2D eigenvalue weighted by Gasteiger charge is 2.45. The van der Waals surface area contributed by atoms with E-state index in [1.807, 2.05) is 0 Å². The van der Waals surface area contributed by atoms with Gasteiger partial charge in [-0.3, -0.25) is 4.79 Å². The van der Waals surface area contributed by atoms with E-state index in [4.69, 9.17) is 10.5 Å². The average Bonchev–Trinajstić information content (AvgIpc) is 3.11. The molecule has 0 radical (unpaired) electrons. The lowest BCUT2D eigenvalue weighted by atomic mass is 10.1. The van der Waals surface area contributed by atoms with E-state index >= 15 is 0 Å². The zero-order valence-corrected chi connectivity index (χ0v) is 10.3. The Morgan fingerprint density at radius 2 is 2.11 bits per heavy atom. The summed E-state index contributed by atoms with van der Waals surface area (Å²) in [7, 11) is 1.55. The number of rotatable bonds is 5. The minimum Gasteiger partial charge on any atom is -0.375 e. The molecule has 0 saturated heterocycles. The van der Waals surface area contributed by atoms with Gasteiger partial charge in [-0.2, -0.15) is 0 Å². The molecule has 1 aromatic carbocycles. The standard InChI is InChI=1S/C13H17FN2O2/c1-18-11(9-2-4-10(14)5-3-9)8-16-12(17)13(15)6-7-13/h2-5,11H,6-8,15H2,1H3,(H,16,17). The summed E-state index contributed by atoms with van der Waals surface area (Å²) in [6, 6.07) is 6.03. The first-order valence-electron chi connectivity index (χ1n) is 5.90. The first-order valence-corrected chi connectivity index (χ1v) is 5.90. The van der Waals surface area contributed by atoms with Crippen LogP contribution in [0, 0.1) is 5.82 Å². The van der Waals surface area contributed by atoms with Crippen LogP contribution in [0.25, 0.3) is 0 Å². The van der Waals surface area contributed by atoms with Crippen LogP contribution in [0.5, 0.6) is 0 Å². The third-order valence-corrected chi connectivity index (χ3v) is 3.22. The van der Waals surface area contributed by atoms with Gasteiger partial charge in [-0.25, -0.2) is 4.39 Å². The van der Waals surface area contributed by atoms with Crippen LogP contribution in [0.3, 0.4) is 0 Å².